The molecule has 0 saturated carbocycles. The maximum atomic E-state index is 11.9. The molecule has 1 heterocycles. The van der Waals surface area contributed by atoms with E-state index in [1.807, 2.05) is 31.2 Å². The summed E-state index contributed by atoms with van der Waals surface area (Å²) in [6.45, 7) is 1.99. The number of hydrogen-bond donors (Lipinski definition) is 2. The summed E-state index contributed by atoms with van der Waals surface area (Å²) in [6.07, 6.45) is 2.99. The number of carbonyl (C=O) groups is 1. The van der Waals surface area contributed by atoms with Gasteiger partial charge in [0.15, 0.2) is 0 Å². The van der Waals surface area contributed by atoms with Gasteiger partial charge in [0.25, 0.3) is 5.91 Å². The normalized spacial score (nSPS) is 9.89. The average Bonchev–Trinajstić information content (AvgIpc) is 2.41. The zero-order valence-electron chi connectivity index (χ0n) is 10.3. The molecule has 1 aromatic carbocycles. The van der Waals surface area contributed by atoms with Crippen molar-refractivity contribution in [3.05, 3.63) is 47.9 Å². The number of nitrogens with one attached hydrogen (secondary N) is 2. The SMILES string of the molecule is CNc1cncc(C(=O)Nc2ccc(C)cc2)n1. The lowest BCUT2D eigenvalue weighted by atomic mass is 10.2. The van der Waals surface area contributed by atoms with Crippen LogP contribution in [0.25, 0.3) is 0 Å². The van der Waals surface area contributed by atoms with Crippen LogP contribution in [-0.2, 0) is 0 Å². The average molecular weight is 242 g/mol. The summed E-state index contributed by atoms with van der Waals surface area (Å²) in [5, 5.41) is 5.61. The molecule has 1 amide bonds. The molecule has 0 radical (unpaired) electrons. The Morgan fingerprint density at radius 3 is 2.56 bits per heavy atom. The van der Waals surface area contributed by atoms with Crippen LogP contribution in [0, 0.1) is 6.92 Å². The molecule has 18 heavy (non-hydrogen) atoms. The topological polar surface area (TPSA) is 66.9 Å². The Hall–Kier alpha value is -2.43. The highest BCUT2D eigenvalue weighted by Gasteiger charge is 2.08. The van der Waals surface area contributed by atoms with Gasteiger partial charge in [-0.15, -0.1) is 0 Å². The van der Waals surface area contributed by atoms with Crippen LogP contribution in [0.3, 0.4) is 0 Å². The van der Waals surface area contributed by atoms with Crippen molar-refractivity contribution in [3.8, 4) is 0 Å². The molecule has 0 bridgehead atoms. The minimum atomic E-state index is -0.275. The molecule has 0 saturated heterocycles. The van der Waals surface area contributed by atoms with Gasteiger partial charge in [-0.25, -0.2) is 4.98 Å². The van der Waals surface area contributed by atoms with Gasteiger partial charge in [-0.2, -0.15) is 0 Å². The Bertz CT molecular complexity index is 551. The standard InChI is InChI=1S/C13H14N4O/c1-9-3-5-10(6-4-9)16-13(18)11-7-15-8-12(14-2)17-11/h3-8H,1-2H3,(H,14,17)(H,16,18). The highest BCUT2D eigenvalue weighted by atomic mass is 16.1. The van der Waals surface area contributed by atoms with E-state index in [0.29, 0.717) is 5.82 Å². The molecular formula is C13H14N4O. The van der Waals surface area contributed by atoms with Gasteiger partial charge in [0, 0.05) is 12.7 Å². The maximum Gasteiger partial charge on any atom is 0.275 e. The monoisotopic (exact) mass is 242 g/mol. The van der Waals surface area contributed by atoms with E-state index < -0.39 is 0 Å². The lowest BCUT2D eigenvalue weighted by Gasteiger charge is -2.05. The first kappa shape index (κ1) is 12.0. The van der Waals surface area contributed by atoms with E-state index in [1.165, 1.54) is 6.20 Å². The van der Waals surface area contributed by atoms with E-state index in [-0.39, 0.29) is 11.6 Å². The Labute approximate surface area is 105 Å². The number of amides is 1. The first-order chi connectivity index (χ1) is 8.69. The summed E-state index contributed by atoms with van der Waals surface area (Å²) < 4.78 is 0. The van der Waals surface area contributed by atoms with Crippen molar-refractivity contribution >= 4 is 17.4 Å². The third-order valence-corrected chi connectivity index (χ3v) is 2.43. The number of anilines is 2. The molecular weight excluding hydrogens is 228 g/mol. The van der Waals surface area contributed by atoms with Gasteiger partial charge in [0.1, 0.15) is 11.5 Å². The second-order valence-corrected chi connectivity index (χ2v) is 3.86. The van der Waals surface area contributed by atoms with E-state index in [0.717, 1.165) is 11.3 Å². The number of benzene rings is 1. The number of aryl methyl sites for hydroxylation is 1. The first-order valence-electron chi connectivity index (χ1n) is 5.57. The number of rotatable bonds is 3. The molecule has 0 spiro atoms. The maximum absolute atomic E-state index is 11.9. The van der Waals surface area contributed by atoms with Crippen molar-refractivity contribution in [2.24, 2.45) is 0 Å². The van der Waals surface area contributed by atoms with Crippen LogP contribution in [0.2, 0.25) is 0 Å². The van der Waals surface area contributed by atoms with E-state index >= 15 is 0 Å². The molecule has 2 aromatic rings. The van der Waals surface area contributed by atoms with Crippen LogP contribution in [0.4, 0.5) is 11.5 Å². The molecule has 0 fully saturated rings. The summed E-state index contributed by atoms with van der Waals surface area (Å²) in [5.74, 6) is 0.287. The minimum Gasteiger partial charge on any atom is -0.372 e. The number of hydrogen-bond acceptors (Lipinski definition) is 4. The molecule has 0 aliphatic heterocycles. The van der Waals surface area contributed by atoms with Gasteiger partial charge < -0.3 is 10.6 Å². The third kappa shape index (κ3) is 2.82. The molecule has 5 nitrogen and oxygen atoms in total. The lowest BCUT2D eigenvalue weighted by Crippen LogP contribution is -2.14. The molecule has 0 aliphatic carbocycles. The zero-order valence-corrected chi connectivity index (χ0v) is 10.3. The predicted octanol–water partition coefficient (Wildman–Crippen LogP) is 2.08. The highest BCUT2D eigenvalue weighted by molar-refractivity contribution is 6.02. The van der Waals surface area contributed by atoms with E-state index in [2.05, 4.69) is 20.6 Å². The van der Waals surface area contributed by atoms with Crippen molar-refractivity contribution < 1.29 is 4.79 Å². The fourth-order valence-electron chi connectivity index (χ4n) is 1.43. The van der Waals surface area contributed by atoms with Crippen molar-refractivity contribution in [1.82, 2.24) is 9.97 Å². The summed E-state index contributed by atoms with van der Waals surface area (Å²) in [5.41, 5.74) is 2.16. The van der Waals surface area contributed by atoms with E-state index in [4.69, 9.17) is 0 Å². The van der Waals surface area contributed by atoms with Crippen LogP contribution >= 0.6 is 0 Å². The fraction of sp³-hybridized carbons (Fsp3) is 0.154. The Morgan fingerprint density at radius 1 is 1.17 bits per heavy atom. The van der Waals surface area contributed by atoms with Crippen LogP contribution in [0.1, 0.15) is 16.1 Å². The smallest absolute Gasteiger partial charge is 0.275 e. The van der Waals surface area contributed by atoms with Crippen LogP contribution in [-0.4, -0.2) is 22.9 Å². The fourth-order valence-corrected chi connectivity index (χ4v) is 1.43. The summed E-state index contributed by atoms with van der Waals surface area (Å²) >= 11 is 0. The van der Waals surface area contributed by atoms with Crippen molar-refractivity contribution in [2.75, 3.05) is 17.7 Å². The molecule has 2 N–H and O–H groups in total. The third-order valence-electron chi connectivity index (χ3n) is 2.43. The van der Waals surface area contributed by atoms with Crippen LogP contribution in [0.5, 0.6) is 0 Å². The second kappa shape index (κ2) is 5.27. The quantitative estimate of drug-likeness (QED) is 0.864. The number of nitrogens with zero attached hydrogens (tertiary/aromatic N) is 2. The van der Waals surface area contributed by atoms with Crippen molar-refractivity contribution in [1.29, 1.82) is 0 Å². The number of carbonyl (C=O) groups excluding carboxylic acids is 1. The Balaban J connectivity index is 2.14. The van der Waals surface area contributed by atoms with Gasteiger partial charge in [-0.05, 0) is 19.1 Å². The Morgan fingerprint density at radius 2 is 1.89 bits per heavy atom. The Kier molecular flexibility index (Phi) is 3.52. The zero-order chi connectivity index (χ0) is 13.0. The minimum absolute atomic E-state index is 0.275. The number of aromatic nitrogens is 2. The van der Waals surface area contributed by atoms with Crippen molar-refractivity contribution in [3.63, 3.8) is 0 Å². The molecule has 2 rings (SSSR count). The molecule has 92 valence electrons. The molecule has 1 aromatic heterocycles. The second-order valence-electron chi connectivity index (χ2n) is 3.86. The predicted molar refractivity (Wildman–Crippen MR) is 70.7 cm³/mol. The van der Waals surface area contributed by atoms with Gasteiger partial charge >= 0.3 is 0 Å². The summed E-state index contributed by atoms with van der Waals surface area (Å²) in [7, 11) is 1.73. The van der Waals surface area contributed by atoms with Gasteiger partial charge in [-0.1, -0.05) is 17.7 Å². The largest absolute Gasteiger partial charge is 0.372 e. The van der Waals surface area contributed by atoms with Crippen LogP contribution < -0.4 is 10.6 Å². The molecule has 0 unspecified atom stereocenters. The first-order valence-corrected chi connectivity index (χ1v) is 5.57. The molecule has 5 heteroatoms. The van der Waals surface area contributed by atoms with Crippen molar-refractivity contribution in [2.45, 2.75) is 6.92 Å². The summed E-state index contributed by atoms with van der Waals surface area (Å²) in [6, 6.07) is 7.57. The van der Waals surface area contributed by atoms with E-state index in [9.17, 15) is 4.79 Å². The summed E-state index contributed by atoms with van der Waals surface area (Å²) in [4.78, 5) is 20.0. The van der Waals surface area contributed by atoms with E-state index in [1.54, 1.807) is 13.2 Å². The van der Waals surface area contributed by atoms with Gasteiger partial charge in [0.2, 0.25) is 0 Å². The molecule has 0 atom stereocenters. The van der Waals surface area contributed by atoms with Gasteiger partial charge in [-0.3, -0.25) is 9.78 Å². The molecule has 0 aliphatic rings. The van der Waals surface area contributed by atoms with Crippen LogP contribution in [0.15, 0.2) is 36.7 Å². The van der Waals surface area contributed by atoms with Gasteiger partial charge in [0.05, 0.1) is 12.4 Å². The highest BCUT2D eigenvalue weighted by Crippen LogP contribution is 2.10. The lowest BCUT2D eigenvalue weighted by molar-refractivity contribution is 0.102.